The number of aryl methyl sites for hydroxylation is 2. The van der Waals surface area contributed by atoms with Gasteiger partial charge < -0.3 is 10.0 Å². The van der Waals surface area contributed by atoms with Crippen molar-refractivity contribution in [3.8, 4) is 0 Å². The Kier molecular flexibility index (Phi) is 4.83. The Morgan fingerprint density at radius 2 is 1.96 bits per heavy atom. The first-order valence-electron chi connectivity index (χ1n) is 8.32. The van der Waals surface area contributed by atoms with Crippen molar-refractivity contribution in [1.82, 2.24) is 4.90 Å². The van der Waals surface area contributed by atoms with Crippen molar-refractivity contribution in [3.05, 3.63) is 70.0 Å². The Morgan fingerprint density at radius 1 is 1.16 bits per heavy atom. The predicted octanol–water partition coefficient (Wildman–Crippen LogP) is 3.35. The van der Waals surface area contributed by atoms with Crippen LogP contribution in [-0.2, 0) is 24.2 Å². The summed E-state index contributed by atoms with van der Waals surface area (Å²) in [7, 11) is 0. The van der Waals surface area contributed by atoms with Gasteiger partial charge >= 0.3 is 5.97 Å². The molecule has 0 fully saturated rings. The van der Waals surface area contributed by atoms with Gasteiger partial charge in [0.25, 0.3) is 5.91 Å². The first-order valence-corrected chi connectivity index (χ1v) is 8.32. The van der Waals surface area contributed by atoms with Gasteiger partial charge in [0.15, 0.2) is 0 Å². The monoisotopic (exact) mass is 341 g/mol. The average molecular weight is 341 g/mol. The van der Waals surface area contributed by atoms with E-state index in [1.54, 1.807) is 17.0 Å². The zero-order chi connectivity index (χ0) is 18.0. The van der Waals surface area contributed by atoms with E-state index in [9.17, 15) is 14.0 Å². The number of fused-ring (bicyclic) bond motifs is 1. The zero-order valence-corrected chi connectivity index (χ0v) is 14.1. The molecule has 1 aliphatic heterocycles. The molecule has 0 atom stereocenters. The second-order valence-corrected chi connectivity index (χ2v) is 6.46. The average Bonchev–Trinajstić information content (AvgIpc) is 2.60. The minimum atomic E-state index is -0.829. The molecule has 1 amide bonds. The molecule has 4 nitrogen and oxygen atoms in total. The lowest BCUT2D eigenvalue weighted by Gasteiger charge is -2.29. The molecule has 5 heteroatoms. The van der Waals surface area contributed by atoms with Crippen LogP contribution in [0.4, 0.5) is 4.39 Å². The van der Waals surface area contributed by atoms with E-state index in [1.165, 1.54) is 6.07 Å². The van der Waals surface area contributed by atoms with Crippen LogP contribution in [0.5, 0.6) is 0 Å². The molecule has 1 N–H and O–H groups in total. The lowest BCUT2D eigenvalue weighted by Crippen LogP contribution is -2.36. The number of aliphatic carboxylic acids is 1. The highest BCUT2D eigenvalue weighted by molar-refractivity contribution is 5.94. The topological polar surface area (TPSA) is 57.6 Å². The number of hydrogen-bond acceptors (Lipinski definition) is 2. The molecule has 1 aliphatic rings. The van der Waals surface area contributed by atoms with Gasteiger partial charge in [-0.1, -0.05) is 29.8 Å². The normalized spacial score (nSPS) is 13.4. The molecular weight excluding hydrogens is 321 g/mol. The maximum Gasteiger partial charge on any atom is 0.303 e. The van der Waals surface area contributed by atoms with E-state index in [-0.39, 0.29) is 17.9 Å². The fourth-order valence-electron chi connectivity index (χ4n) is 3.16. The van der Waals surface area contributed by atoms with Crippen LogP contribution in [0.25, 0.3) is 0 Å². The Balaban J connectivity index is 1.79. The number of carbonyl (C=O) groups is 2. The summed E-state index contributed by atoms with van der Waals surface area (Å²) in [5.41, 5.74) is 4.06. The number of amides is 1. The number of benzene rings is 2. The van der Waals surface area contributed by atoms with Crippen molar-refractivity contribution >= 4 is 11.9 Å². The number of rotatable bonds is 4. The van der Waals surface area contributed by atoms with E-state index in [1.807, 2.05) is 25.1 Å². The van der Waals surface area contributed by atoms with Crippen molar-refractivity contribution in [3.63, 3.8) is 0 Å². The summed E-state index contributed by atoms with van der Waals surface area (Å²) in [4.78, 5) is 25.1. The van der Waals surface area contributed by atoms with Crippen LogP contribution in [0.3, 0.4) is 0 Å². The summed E-state index contributed by atoms with van der Waals surface area (Å²) in [6.45, 7) is 2.80. The number of carbonyl (C=O) groups excluding carboxylic acids is 1. The maximum atomic E-state index is 14.0. The van der Waals surface area contributed by atoms with Gasteiger partial charge in [0.05, 0.1) is 5.56 Å². The van der Waals surface area contributed by atoms with Crippen molar-refractivity contribution in [2.45, 2.75) is 32.7 Å². The minimum Gasteiger partial charge on any atom is -0.481 e. The molecule has 0 aliphatic carbocycles. The van der Waals surface area contributed by atoms with Gasteiger partial charge in [-0.2, -0.15) is 0 Å². The number of hydrogen-bond donors (Lipinski definition) is 1. The third kappa shape index (κ3) is 3.87. The Labute approximate surface area is 145 Å². The summed E-state index contributed by atoms with van der Waals surface area (Å²) in [5, 5.41) is 8.81. The number of carboxylic acid groups (broad SMARTS) is 1. The summed E-state index contributed by atoms with van der Waals surface area (Å²) >= 11 is 0. The third-order valence-corrected chi connectivity index (χ3v) is 4.55. The van der Waals surface area contributed by atoms with Crippen LogP contribution in [0.15, 0.2) is 36.4 Å². The molecule has 2 aromatic rings. The molecular formula is C20H20FNO3. The van der Waals surface area contributed by atoms with Crippen LogP contribution in [-0.4, -0.2) is 28.4 Å². The Bertz CT molecular complexity index is 832. The minimum absolute atomic E-state index is 0.0793. The quantitative estimate of drug-likeness (QED) is 0.928. The summed E-state index contributed by atoms with van der Waals surface area (Å²) in [6.07, 6.45) is 1.26. The molecule has 0 radical (unpaired) electrons. The fraction of sp³-hybridized carbons (Fsp3) is 0.300. The highest BCUT2D eigenvalue weighted by Crippen LogP contribution is 2.23. The smallest absolute Gasteiger partial charge is 0.303 e. The summed E-state index contributed by atoms with van der Waals surface area (Å²) in [5.74, 6) is -1.64. The molecule has 2 aromatic carbocycles. The lowest BCUT2D eigenvalue weighted by atomic mass is 9.95. The Hall–Kier alpha value is -2.69. The molecule has 0 spiro atoms. The molecule has 0 saturated carbocycles. The zero-order valence-electron chi connectivity index (χ0n) is 14.1. The van der Waals surface area contributed by atoms with E-state index in [0.29, 0.717) is 25.9 Å². The first kappa shape index (κ1) is 17.1. The van der Waals surface area contributed by atoms with Gasteiger partial charge in [-0.15, -0.1) is 0 Å². The summed E-state index contributed by atoms with van der Waals surface area (Å²) in [6, 6.07) is 10.5. The second-order valence-electron chi connectivity index (χ2n) is 6.46. The van der Waals surface area contributed by atoms with Crippen LogP contribution >= 0.6 is 0 Å². The number of nitrogens with zero attached hydrogens (tertiary/aromatic N) is 1. The van der Waals surface area contributed by atoms with E-state index in [0.717, 1.165) is 22.3 Å². The lowest BCUT2D eigenvalue weighted by molar-refractivity contribution is -0.136. The van der Waals surface area contributed by atoms with Gasteiger partial charge in [-0.3, -0.25) is 9.59 Å². The molecule has 0 aromatic heterocycles. The van der Waals surface area contributed by atoms with Crippen molar-refractivity contribution in [2.75, 3.05) is 6.54 Å². The molecule has 0 saturated heterocycles. The van der Waals surface area contributed by atoms with Gasteiger partial charge in [-0.05, 0) is 48.6 Å². The van der Waals surface area contributed by atoms with Crippen LogP contribution in [0.1, 0.15) is 39.0 Å². The highest BCUT2D eigenvalue weighted by atomic mass is 19.1. The van der Waals surface area contributed by atoms with E-state index in [4.69, 9.17) is 5.11 Å². The summed E-state index contributed by atoms with van der Waals surface area (Å²) < 4.78 is 14.0. The van der Waals surface area contributed by atoms with E-state index < -0.39 is 11.8 Å². The predicted molar refractivity (Wildman–Crippen MR) is 92.0 cm³/mol. The second kappa shape index (κ2) is 7.05. The van der Waals surface area contributed by atoms with Gasteiger partial charge in [0, 0.05) is 19.5 Å². The van der Waals surface area contributed by atoms with Gasteiger partial charge in [-0.25, -0.2) is 4.39 Å². The maximum absolute atomic E-state index is 14.0. The van der Waals surface area contributed by atoms with Crippen LogP contribution in [0.2, 0.25) is 0 Å². The highest BCUT2D eigenvalue weighted by Gasteiger charge is 2.24. The van der Waals surface area contributed by atoms with E-state index in [2.05, 4.69) is 0 Å². The molecule has 25 heavy (non-hydrogen) atoms. The molecule has 3 rings (SSSR count). The fourth-order valence-corrected chi connectivity index (χ4v) is 3.16. The van der Waals surface area contributed by atoms with Gasteiger partial charge in [0.1, 0.15) is 5.82 Å². The molecule has 1 heterocycles. The standard InChI is InChI=1S/C20H20FNO3/c1-13-2-6-18(21)17(10-13)20(25)22-9-8-15-5-3-14(4-7-19(23)24)11-16(15)12-22/h2-3,5-6,10-11H,4,7-9,12H2,1H3,(H,23,24). The van der Waals surface area contributed by atoms with Crippen molar-refractivity contribution < 1.29 is 19.1 Å². The Morgan fingerprint density at radius 3 is 2.72 bits per heavy atom. The number of halogens is 1. The van der Waals surface area contributed by atoms with Gasteiger partial charge in [0.2, 0.25) is 0 Å². The van der Waals surface area contributed by atoms with Crippen LogP contribution < -0.4 is 0 Å². The third-order valence-electron chi connectivity index (χ3n) is 4.55. The van der Waals surface area contributed by atoms with Crippen LogP contribution in [0, 0.1) is 12.7 Å². The largest absolute Gasteiger partial charge is 0.481 e. The SMILES string of the molecule is Cc1ccc(F)c(C(=O)N2CCc3ccc(CCC(=O)O)cc3C2)c1. The molecule has 0 unspecified atom stereocenters. The van der Waals surface area contributed by atoms with E-state index >= 15 is 0 Å². The van der Waals surface area contributed by atoms with Crippen molar-refractivity contribution in [1.29, 1.82) is 0 Å². The first-order chi connectivity index (χ1) is 11.9. The number of carboxylic acids is 1. The molecule has 0 bridgehead atoms. The van der Waals surface area contributed by atoms with Crippen molar-refractivity contribution in [2.24, 2.45) is 0 Å². The molecule has 130 valence electrons.